The van der Waals surface area contributed by atoms with Gasteiger partial charge in [-0.15, -0.1) is 0 Å². The quantitative estimate of drug-likeness (QED) is 0.831. The SMILES string of the molecule is CCNC1CCCN(C(=O)C2C3CCCCC32)C1. The number of carbonyl (C=O) groups is 1. The lowest BCUT2D eigenvalue weighted by molar-refractivity contribution is -0.134. The lowest BCUT2D eigenvalue weighted by atomic mass is 10.0. The first-order chi connectivity index (χ1) is 8.81. The molecule has 0 radical (unpaired) electrons. The van der Waals surface area contributed by atoms with Gasteiger partial charge >= 0.3 is 0 Å². The van der Waals surface area contributed by atoms with Crippen molar-refractivity contribution in [2.75, 3.05) is 19.6 Å². The molecule has 0 aromatic rings. The molecule has 3 aliphatic rings. The zero-order valence-corrected chi connectivity index (χ0v) is 11.5. The summed E-state index contributed by atoms with van der Waals surface area (Å²) in [6, 6.07) is 0.536. The van der Waals surface area contributed by atoms with Gasteiger partial charge in [0.1, 0.15) is 0 Å². The minimum Gasteiger partial charge on any atom is -0.341 e. The highest BCUT2D eigenvalue weighted by atomic mass is 16.2. The van der Waals surface area contributed by atoms with E-state index in [1.54, 1.807) is 0 Å². The minimum atomic E-state index is 0.410. The first kappa shape index (κ1) is 12.5. The second-order valence-electron chi connectivity index (χ2n) is 6.32. The number of likely N-dealkylation sites (N-methyl/N-ethyl adjacent to an activating group) is 1. The maximum Gasteiger partial charge on any atom is 0.226 e. The molecule has 2 aliphatic carbocycles. The van der Waals surface area contributed by atoms with Crippen molar-refractivity contribution in [3.8, 4) is 0 Å². The van der Waals surface area contributed by atoms with Gasteiger partial charge in [0.2, 0.25) is 5.91 Å². The fourth-order valence-electron chi connectivity index (χ4n) is 4.20. The van der Waals surface area contributed by atoms with Gasteiger partial charge in [-0.2, -0.15) is 0 Å². The first-order valence-electron chi connectivity index (χ1n) is 7.83. The fraction of sp³-hybridized carbons (Fsp3) is 0.933. The van der Waals surface area contributed by atoms with Crippen LogP contribution in [0.1, 0.15) is 45.4 Å². The maximum atomic E-state index is 12.6. The average Bonchev–Trinajstić information content (AvgIpc) is 3.13. The Labute approximate surface area is 110 Å². The summed E-state index contributed by atoms with van der Waals surface area (Å²) >= 11 is 0. The molecule has 3 unspecified atom stereocenters. The molecule has 18 heavy (non-hydrogen) atoms. The number of hydrogen-bond donors (Lipinski definition) is 1. The zero-order valence-electron chi connectivity index (χ0n) is 11.5. The summed E-state index contributed by atoms with van der Waals surface area (Å²) in [7, 11) is 0. The van der Waals surface area contributed by atoms with Gasteiger partial charge in [0, 0.05) is 25.0 Å². The van der Waals surface area contributed by atoms with Crippen LogP contribution in [0, 0.1) is 17.8 Å². The molecule has 0 spiro atoms. The molecule has 3 heteroatoms. The van der Waals surface area contributed by atoms with Crippen LogP contribution in [0.3, 0.4) is 0 Å². The first-order valence-corrected chi connectivity index (χ1v) is 7.83. The monoisotopic (exact) mass is 250 g/mol. The largest absolute Gasteiger partial charge is 0.341 e. The highest BCUT2D eigenvalue weighted by Crippen LogP contribution is 2.56. The van der Waals surface area contributed by atoms with Crippen molar-refractivity contribution in [3.05, 3.63) is 0 Å². The summed E-state index contributed by atoms with van der Waals surface area (Å²) in [5, 5.41) is 3.50. The Morgan fingerprint density at radius 1 is 1.17 bits per heavy atom. The predicted octanol–water partition coefficient (Wildman–Crippen LogP) is 2.02. The number of rotatable bonds is 3. The molecule has 0 aromatic heterocycles. The Morgan fingerprint density at radius 3 is 2.56 bits per heavy atom. The van der Waals surface area contributed by atoms with E-state index in [-0.39, 0.29) is 0 Å². The highest BCUT2D eigenvalue weighted by Gasteiger charge is 2.55. The Kier molecular flexibility index (Phi) is 3.60. The summed E-state index contributed by atoms with van der Waals surface area (Å²) < 4.78 is 0. The summed E-state index contributed by atoms with van der Waals surface area (Å²) in [6.45, 7) is 5.11. The Balaban J connectivity index is 1.56. The summed E-state index contributed by atoms with van der Waals surface area (Å²) in [5.74, 6) is 2.40. The number of carbonyl (C=O) groups excluding carboxylic acids is 1. The van der Waals surface area contributed by atoms with Crippen LogP contribution in [-0.4, -0.2) is 36.5 Å². The second kappa shape index (κ2) is 5.20. The Morgan fingerprint density at radius 2 is 1.89 bits per heavy atom. The van der Waals surface area contributed by atoms with Crippen molar-refractivity contribution in [3.63, 3.8) is 0 Å². The van der Waals surface area contributed by atoms with Crippen LogP contribution in [0.15, 0.2) is 0 Å². The van der Waals surface area contributed by atoms with Crippen molar-refractivity contribution >= 4 is 5.91 Å². The van der Waals surface area contributed by atoms with Crippen LogP contribution in [0.2, 0.25) is 0 Å². The molecule has 2 saturated carbocycles. The molecule has 1 amide bonds. The van der Waals surface area contributed by atoms with Gasteiger partial charge in [-0.25, -0.2) is 0 Å². The standard InChI is InChI=1S/C15H26N2O/c1-2-16-11-6-5-9-17(10-11)15(18)14-12-7-3-4-8-13(12)14/h11-14,16H,2-10H2,1H3. The van der Waals surface area contributed by atoms with Gasteiger partial charge in [-0.05, 0) is 44.1 Å². The molecule has 102 valence electrons. The maximum absolute atomic E-state index is 12.6. The topological polar surface area (TPSA) is 32.3 Å². The van der Waals surface area contributed by atoms with Gasteiger partial charge in [0.25, 0.3) is 0 Å². The van der Waals surface area contributed by atoms with Crippen LogP contribution in [0.25, 0.3) is 0 Å². The normalized spacial score (nSPS) is 39.3. The molecule has 3 nitrogen and oxygen atoms in total. The number of nitrogens with one attached hydrogen (secondary N) is 1. The van der Waals surface area contributed by atoms with Gasteiger partial charge in [-0.1, -0.05) is 19.8 Å². The average molecular weight is 250 g/mol. The van der Waals surface area contributed by atoms with Crippen LogP contribution in [0.4, 0.5) is 0 Å². The summed E-state index contributed by atoms with van der Waals surface area (Å²) in [5.41, 5.74) is 0. The van der Waals surface area contributed by atoms with Crippen molar-refractivity contribution in [1.29, 1.82) is 0 Å². The molecule has 1 heterocycles. The molecular formula is C15H26N2O. The van der Waals surface area contributed by atoms with E-state index in [0.717, 1.165) is 31.5 Å². The predicted molar refractivity (Wildman–Crippen MR) is 72.2 cm³/mol. The van der Waals surface area contributed by atoms with E-state index in [4.69, 9.17) is 0 Å². The number of amides is 1. The second-order valence-corrected chi connectivity index (χ2v) is 6.32. The number of piperidine rings is 1. The number of hydrogen-bond acceptors (Lipinski definition) is 2. The van der Waals surface area contributed by atoms with E-state index in [2.05, 4.69) is 17.1 Å². The van der Waals surface area contributed by atoms with Gasteiger partial charge in [-0.3, -0.25) is 4.79 Å². The highest BCUT2D eigenvalue weighted by molar-refractivity contribution is 5.82. The molecule has 3 atom stereocenters. The lowest BCUT2D eigenvalue weighted by Gasteiger charge is -2.33. The van der Waals surface area contributed by atoms with Crippen molar-refractivity contribution in [2.45, 2.75) is 51.5 Å². The van der Waals surface area contributed by atoms with Crippen LogP contribution in [0.5, 0.6) is 0 Å². The number of likely N-dealkylation sites (tertiary alicyclic amines) is 1. The van der Waals surface area contributed by atoms with Gasteiger partial charge in [0.15, 0.2) is 0 Å². The Bertz CT molecular complexity index is 304. The van der Waals surface area contributed by atoms with E-state index < -0.39 is 0 Å². The smallest absolute Gasteiger partial charge is 0.226 e. The van der Waals surface area contributed by atoms with E-state index in [0.29, 0.717) is 17.9 Å². The molecule has 0 aromatic carbocycles. The molecule has 0 bridgehead atoms. The van der Waals surface area contributed by atoms with E-state index >= 15 is 0 Å². The molecule has 1 saturated heterocycles. The summed E-state index contributed by atoms with van der Waals surface area (Å²) in [4.78, 5) is 14.7. The minimum absolute atomic E-state index is 0.410. The zero-order chi connectivity index (χ0) is 12.5. The van der Waals surface area contributed by atoms with Gasteiger partial charge in [0.05, 0.1) is 0 Å². The van der Waals surface area contributed by atoms with Crippen molar-refractivity contribution < 1.29 is 4.79 Å². The summed E-state index contributed by atoms with van der Waals surface area (Å²) in [6.07, 6.45) is 7.73. The molecule has 3 rings (SSSR count). The van der Waals surface area contributed by atoms with E-state index in [1.165, 1.54) is 38.5 Å². The number of fused-ring (bicyclic) bond motifs is 1. The molecular weight excluding hydrogens is 224 g/mol. The third-order valence-corrected chi connectivity index (χ3v) is 5.17. The molecule has 1 aliphatic heterocycles. The molecule has 1 N–H and O–H groups in total. The fourth-order valence-corrected chi connectivity index (χ4v) is 4.20. The third-order valence-electron chi connectivity index (χ3n) is 5.17. The van der Waals surface area contributed by atoms with Crippen LogP contribution in [-0.2, 0) is 4.79 Å². The lowest BCUT2D eigenvalue weighted by Crippen LogP contribution is -2.48. The van der Waals surface area contributed by atoms with Crippen molar-refractivity contribution in [2.24, 2.45) is 17.8 Å². The Hall–Kier alpha value is -0.570. The van der Waals surface area contributed by atoms with Crippen LogP contribution >= 0.6 is 0 Å². The van der Waals surface area contributed by atoms with Gasteiger partial charge < -0.3 is 10.2 Å². The van der Waals surface area contributed by atoms with E-state index in [1.807, 2.05) is 0 Å². The van der Waals surface area contributed by atoms with Crippen LogP contribution < -0.4 is 5.32 Å². The third kappa shape index (κ3) is 2.29. The van der Waals surface area contributed by atoms with E-state index in [9.17, 15) is 4.79 Å². The van der Waals surface area contributed by atoms with Crippen molar-refractivity contribution in [1.82, 2.24) is 10.2 Å². The number of nitrogens with zero attached hydrogens (tertiary/aromatic N) is 1. The molecule has 3 fully saturated rings.